The molecule has 0 bridgehead atoms. The molecule has 22 heavy (non-hydrogen) atoms. The summed E-state index contributed by atoms with van der Waals surface area (Å²) < 4.78 is 10.3. The van der Waals surface area contributed by atoms with Gasteiger partial charge in [-0.1, -0.05) is 23.7 Å². The van der Waals surface area contributed by atoms with Crippen LogP contribution in [0.2, 0.25) is 5.02 Å². The van der Waals surface area contributed by atoms with E-state index in [-0.39, 0.29) is 0 Å². The number of rotatable bonds is 11. The predicted molar refractivity (Wildman–Crippen MR) is 91.7 cm³/mol. The fraction of sp³-hybridized carbons (Fsp3) is 0.667. The van der Waals surface area contributed by atoms with E-state index in [4.69, 9.17) is 21.1 Å². The van der Waals surface area contributed by atoms with Crippen LogP contribution in [0.5, 0.6) is 0 Å². The van der Waals surface area contributed by atoms with Gasteiger partial charge in [-0.05, 0) is 55.2 Å². The highest BCUT2D eigenvalue weighted by Gasteiger charge is 2.21. The van der Waals surface area contributed by atoms with Gasteiger partial charge in [-0.3, -0.25) is 0 Å². The summed E-state index contributed by atoms with van der Waals surface area (Å²) in [5.41, 5.74) is 3.85. The molecule has 0 radical (unpaired) electrons. The molecule has 3 nitrogen and oxygen atoms in total. The molecular weight excluding hydrogens is 298 g/mol. The van der Waals surface area contributed by atoms with E-state index in [0.29, 0.717) is 6.04 Å². The van der Waals surface area contributed by atoms with E-state index in [0.717, 1.165) is 50.5 Å². The Morgan fingerprint density at radius 1 is 1.05 bits per heavy atom. The van der Waals surface area contributed by atoms with E-state index in [2.05, 4.69) is 17.4 Å². The second-order valence-electron chi connectivity index (χ2n) is 6.08. The Labute approximate surface area is 139 Å². The van der Waals surface area contributed by atoms with Gasteiger partial charge in [-0.2, -0.15) is 0 Å². The monoisotopic (exact) mass is 325 g/mol. The first kappa shape index (κ1) is 17.7. The second-order valence-corrected chi connectivity index (χ2v) is 6.45. The van der Waals surface area contributed by atoms with Gasteiger partial charge in [0.05, 0.1) is 0 Å². The molecule has 1 fully saturated rings. The van der Waals surface area contributed by atoms with E-state index >= 15 is 0 Å². The van der Waals surface area contributed by atoms with Crippen LogP contribution in [0.25, 0.3) is 0 Å². The Hall–Kier alpha value is -0.610. The van der Waals surface area contributed by atoms with Gasteiger partial charge in [0, 0.05) is 45.0 Å². The maximum absolute atomic E-state index is 6.62. The summed E-state index contributed by atoms with van der Waals surface area (Å²) in [7, 11) is 3.50. The Morgan fingerprint density at radius 2 is 1.68 bits per heavy atom. The van der Waals surface area contributed by atoms with Crippen LogP contribution >= 0.6 is 11.6 Å². The number of ether oxygens (including phenoxy) is 2. The molecule has 124 valence electrons. The summed E-state index contributed by atoms with van der Waals surface area (Å²) >= 11 is 6.62. The Bertz CT molecular complexity index is 461. The van der Waals surface area contributed by atoms with Crippen molar-refractivity contribution in [2.24, 2.45) is 0 Å². The smallest absolute Gasteiger partial charge is 0.0483 e. The van der Waals surface area contributed by atoms with Crippen LogP contribution in [0.1, 0.15) is 42.4 Å². The van der Waals surface area contributed by atoms with Gasteiger partial charge in [0.15, 0.2) is 0 Å². The Balaban J connectivity index is 2.05. The lowest BCUT2D eigenvalue weighted by molar-refractivity contribution is 0.195. The average Bonchev–Trinajstić information content (AvgIpc) is 3.33. The molecule has 0 aliphatic heterocycles. The summed E-state index contributed by atoms with van der Waals surface area (Å²) in [5, 5.41) is 4.50. The van der Waals surface area contributed by atoms with Gasteiger partial charge in [0.1, 0.15) is 0 Å². The molecule has 1 aromatic carbocycles. The van der Waals surface area contributed by atoms with Gasteiger partial charge in [0.25, 0.3) is 0 Å². The van der Waals surface area contributed by atoms with Gasteiger partial charge in [-0.15, -0.1) is 0 Å². The number of benzene rings is 1. The lowest BCUT2D eigenvalue weighted by atomic mass is 9.99. The molecule has 0 spiro atoms. The van der Waals surface area contributed by atoms with Crippen molar-refractivity contribution < 1.29 is 9.47 Å². The fourth-order valence-corrected chi connectivity index (χ4v) is 2.92. The van der Waals surface area contributed by atoms with Crippen LogP contribution in [-0.2, 0) is 28.9 Å². The molecule has 1 saturated carbocycles. The molecule has 1 aromatic rings. The summed E-state index contributed by atoms with van der Waals surface area (Å²) in [6.45, 7) is 2.45. The zero-order chi connectivity index (χ0) is 15.8. The van der Waals surface area contributed by atoms with Crippen molar-refractivity contribution in [1.82, 2.24) is 5.32 Å². The molecule has 0 heterocycles. The van der Waals surface area contributed by atoms with E-state index < -0.39 is 0 Å². The normalized spacial score (nSPS) is 14.5. The number of methoxy groups -OCH3 is 2. The van der Waals surface area contributed by atoms with Crippen molar-refractivity contribution in [1.29, 1.82) is 0 Å². The maximum Gasteiger partial charge on any atom is 0.0483 e. The molecule has 0 amide bonds. The summed E-state index contributed by atoms with van der Waals surface area (Å²) in [6.07, 6.45) is 6.66. The second kappa shape index (κ2) is 9.51. The van der Waals surface area contributed by atoms with Crippen molar-refractivity contribution in [3.8, 4) is 0 Å². The first-order valence-corrected chi connectivity index (χ1v) is 8.63. The van der Waals surface area contributed by atoms with Gasteiger partial charge < -0.3 is 14.8 Å². The number of halogens is 1. The highest BCUT2D eigenvalue weighted by atomic mass is 35.5. The number of nitrogens with one attached hydrogen (secondary N) is 1. The third kappa shape index (κ3) is 5.88. The Kier molecular flexibility index (Phi) is 7.67. The highest BCUT2D eigenvalue weighted by Crippen LogP contribution is 2.27. The quantitative estimate of drug-likeness (QED) is 0.628. The van der Waals surface area contributed by atoms with Crippen molar-refractivity contribution in [3.05, 3.63) is 33.8 Å². The van der Waals surface area contributed by atoms with Crippen LogP contribution in [0, 0.1) is 0 Å². The summed E-state index contributed by atoms with van der Waals surface area (Å²) in [6, 6.07) is 5.21. The zero-order valence-electron chi connectivity index (χ0n) is 13.8. The summed E-state index contributed by atoms with van der Waals surface area (Å²) in [5.74, 6) is 0. The third-order valence-electron chi connectivity index (χ3n) is 4.05. The molecule has 0 unspecified atom stereocenters. The molecule has 1 aliphatic carbocycles. The average molecular weight is 326 g/mol. The topological polar surface area (TPSA) is 30.5 Å². The minimum Gasteiger partial charge on any atom is -0.385 e. The van der Waals surface area contributed by atoms with Crippen molar-refractivity contribution in [3.63, 3.8) is 0 Å². The fourth-order valence-electron chi connectivity index (χ4n) is 2.65. The molecule has 1 N–H and O–H groups in total. The third-order valence-corrected chi connectivity index (χ3v) is 4.54. The molecule has 1 aliphatic rings. The summed E-state index contributed by atoms with van der Waals surface area (Å²) in [4.78, 5) is 0. The molecule has 0 atom stereocenters. The molecule has 0 saturated heterocycles. The van der Waals surface area contributed by atoms with Crippen LogP contribution in [0.4, 0.5) is 0 Å². The first-order chi connectivity index (χ1) is 10.7. The lowest BCUT2D eigenvalue weighted by Crippen LogP contribution is -2.16. The first-order valence-electron chi connectivity index (χ1n) is 8.26. The molecular formula is C18H28ClNO2. The maximum atomic E-state index is 6.62. The van der Waals surface area contributed by atoms with Gasteiger partial charge >= 0.3 is 0 Å². The predicted octanol–water partition coefficient (Wildman–Crippen LogP) is 3.75. The number of aryl methyl sites for hydroxylation is 2. The van der Waals surface area contributed by atoms with E-state index in [1.165, 1.54) is 29.5 Å². The molecule has 4 heteroatoms. The number of hydrogen-bond acceptors (Lipinski definition) is 3. The van der Waals surface area contributed by atoms with E-state index in [1.807, 2.05) is 0 Å². The van der Waals surface area contributed by atoms with Gasteiger partial charge in [-0.25, -0.2) is 0 Å². The lowest BCUT2D eigenvalue weighted by Gasteiger charge is -2.14. The minimum absolute atomic E-state index is 0.699. The van der Waals surface area contributed by atoms with Crippen LogP contribution in [-0.4, -0.2) is 33.5 Å². The van der Waals surface area contributed by atoms with Crippen molar-refractivity contribution >= 4 is 11.6 Å². The SMILES string of the molecule is COCCCc1cc(CCCOC)c(Cl)c(CNC2CC2)c1. The van der Waals surface area contributed by atoms with Crippen molar-refractivity contribution in [2.75, 3.05) is 27.4 Å². The molecule has 2 rings (SSSR count). The van der Waals surface area contributed by atoms with Gasteiger partial charge in [0.2, 0.25) is 0 Å². The largest absolute Gasteiger partial charge is 0.385 e. The van der Waals surface area contributed by atoms with Crippen LogP contribution in [0.15, 0.2) is 12.1 Å². The standard InChI is InChI=1S/C18H28ClNO2/c1-21-9-3-5-14-11-15(6-4-10-22-2)18(19)16(12-14)13-20-17-7-8-17/h11-12,17,20H,3-10,13H2,1-2H3. The zero-order valence-corrected chi connectivity index (χ0v) is 14.5. The van der Waals surface area contributed by atoms with E-state index in [1.54, 1.807) is 14.2 Å². The minimum atomic E-state index is 0.699. The van der Waals surface area contributed by atoms with Crippen LogP contribution in [0.3, 0.4) is 0 Å². The Morgan fingerprint density at radius 3 is 2.32 bits per heavy atom. The highest BCUT2D eigenvalue weighted by molar-refractivity contribution is 6.32. The number of hydrogen-bond donors (Lipinski definition) is 1. The van der Waals surface area contributed by atoms with Crippen molar-refractivity contribution in [2.45, 2.75) is 51.1 Å². The van der Waals surface area contributed by atoms with E-state index in [9.17, 15) is 0 Å². The molecule has 0 aromatic heterocycles. The van der Waals surface area contributed by atoms with Crippen LogP contribution < -0.4 is 5.32 Å².